The van der Waals surface area contributed by atoms with Crippen LogP contribution in [0.4, 0.5) is 5.69 Å². The maximum Gasteiger partial charge on any atom is 0.226 e. The second kappa shape index (κ2) is 6.10. The highest BCUT2D eigenvalue weighted by atomic mass is 79.9. The highest BCUT2D eigenvalue weighted by Gasteiger charge is 2.46. The molecule has 1 aromatic rings. The number of carbonyl (C=O) groups excluding carboxylic acids is 1. The van der Waals surface area contributed by atoms with Crippen molar-refractivity contribution >= 4 is 27.5 Å². The monoisotopic (exact) mass is 378 g/mol. The van der Waals surface area contributed by atoms with Crippen LogP contribution in [0.15, 0.2) is 22.7 Å². The Bertz CT molecular complexity index is 615. The molecule has 2 heterocycles. The van der Waals surface area contributed by atoms with E-state index < -0.39 is 0 Å². The summed E-state index contributed by atoms with van der Waals surface area (Å²) in [4.78, 5) is 15.1. The maximum absolute atomic E-state index is 13.0. The summed E-state index contributed by atoms with van der Waals surface area (Å²) in [6, 6.07) is 6.34. The topological polar surface area (TPSA) is 52.6 Å². The van der Waals surface area contributed by atoms with Crippen LogP contribution in [0.3, 0.4) is 0 Å². The minimum Gasteiger partial charge on any atom is -0.394 e. The van der Waals surface area contributed by atoms with Gasteiger partial charge in [0, 0.05) is 28.5 Å². The molecule has 124 valence electrons. The molecule has 2 N–H and O–H groups in total. The fourth-order valence-corrected chi connectivity index (χ4v) is 5.07. The van der Waals surface area contributed by atoms with Gasteiger partial charge < -0.3 is 15.3 Å². The minimum absolute atomic E-state index is 0.0371. The van der Waals surface area contributed by atoms with Crippen molar-refractivity contribution in [3.63, 3.8) is 0 Å². The molecule has 0 spiro atoms. The van der Waals surface area contributed by atoms with E-state index in [1.165, 1.54) is 18.4 Å². The lowest BCUT2D eigenvalue weighted by Crippen LogP contribution is -2.44. The first-order valence-electron chi connectivity index (χ1n) is 8.66. The molecule has 4 nitrogen and oxygen atoms in total. The first-order chi connectivity index (χ1) is 11.2. The average Bonchev–Trinajstić information content (AvgIpc) is 3.23. The normalized spacial score (nSPS) is 30.0. The van der Waals surface area contributed by atoms with Gasteiger partial charge in [0.25, 0.3) is 0 Å². The molecule has 5 heteroatoms. The Morgan fingerprint density at radius 2 is 2.09 bits per heavy atom. The largest absolute Gasteiger partial charge is 0.394 e. The zero-order chi connectivity index (χ0) is 16.0. The highest BCUT2D eigenvalue weighted by molar-refractivity contribution is 9.10. The number of halogens is 1. The van der Waals surface area contributed by atoms with E-state index in [0.29, 0.717) is 11.8 Å². The number of anilines is 1. The molecule has 0 bridgehead atoms. The molecular weight excluding hydrogens is 356 g/mol. The quantitative estimate of drug-likeness (QED) is 0.829. The summed E-state index contributed by atoms with van der Waals surface area (Å²) >= 11 is 3.56. The number of aliphatic hydroxyl groups excluding tert-OH is 1. The maximum atomic E-state index is 13.0. The van der Waals surface area contributed by atoms with Gasteiger partial charge in [0.1, 0.15) is 0 Å². The summed E-state index contributed by atoms with van der Waals surface area (Å²) in [5, 5.41) is 13.2. The van der Waals surface area contributed by atoms with Gasteiger partial charge in [-0.05, 0) is 43.0 Å². The molecular formula is C18H23BrN2O2. The number of rotatable bonds is 2. The molecule has 1 saturated carbocycles. The van der Waals surface area contributed by atoms with Crippen molar-refractivity contribution in [2.24, 2.45) is 11.8 Å². The number of hydrogen-bond acceptors (Lipinski definition) is 3. The molecule has 0 unspecified atom stereocenters. The first kappa shape index (κ1) is 15.5. The van der Waals surface area contributed by atoms with E-state index in [4.69, 9.17) is 0 Å². The van der Waals surface area contributed by atoms with Crippen molar-refractivity contribution in [1.29, 1.82) is 0 Å². The Morgan fingerprint density at radius 3 is 2.83 bits per heavy atom. The summed E-state index contributed by atoms with van der Waals surface area (Å²) in [7, 11) is 0. The molecule has 2 fully saturated rings. The lowest BCUT2D eigenvalue weighted by Gasteiger charge is -2.39. The van der Waals surface area contributed by atoms with Crippen molar-refractivity contribution in [3.05, 3.63) is 28.2 Å². The molecule has 1 aromatic carbocycles. The van der Waals surface area contributed by atoms with Crippen LogP contribution in [0.1, 0.15) is 43.7 Å². The lowest BCUT2D eigenvalue weighted by atomic mass is 9.83. The van der Waals surface area contributed by atoms with Crippen LogP contribution in [-0.2, 0) is 4.79 Å². The van der Waals surface area contributed by atoms with Crippen LogP contribution in [0, 0.1) is 11.8 Å². The second-order valence-electron chi connectivity index (χ2n) is 7.08. The third kappa shape index (κ3) is 2.58. The molecule has 1 saturated heterocycles. The predicted molar refractivity (Wildman–Crippen MR) is 93.2 cm³/mol. The number of aliphatic hydroxyl groups is 1. The van der Waals surface area contributed by atoms with Crippen LogP contribution in [-0.4, -0.2) is 35.1 Å². The number of likely N-dealkylation sites (tertiary alicyclic amines) is 1. The van der Waals surface area contributed by atoms with E-state index in [1.54, 1.807) is 0 Å². The Balaban J connectivity index is 1.70. The summed E-state index contributed by atoms with van der Waals surface area (Å²) < 4.78 is 1.04. The number of benzene rings is 1. The number of nitrogens with zero attached hydrogens (tertiary/aromatic N) is 1. The highest BCUT2D eigenvalue weighted by Crippen LogP contribution is 2.48. The van der Waals surface area contributed by atoms with Gasteiger partial charge in [0.2, 0.25) is 5.91 Å². The van der Waals surface area contributed by atoms with Crippen molar-refractivity contribution in [2.75, 3.05) is 18.5 Å². The summed E-state index contributed by atoms with van der Waals surface area (Å²) in [5.74, 6) is 0.846. The number of fused-ring (bicyclic) bond motifs is 3. The van der Waals surface area contributed by atoms with Gasteiger partial charge in [-0.3, -0.25) is 4.79 Å². The van der Waals surface area contributed by atoms with E-state index in [2.05, 4.69) is 38.3 Å². The Hall–Kier alpha value is -1.07. The Kier molecular flexibility index (Phi) is 4.10. The van der Waals surface area contributed by atoms with E-state index >= 15 is 0 Å². The van der Waals surface area contributed by atoms with Gasteiger partial charge in [-0.2, -0.15) is 0 Å². The van der Waals surface area contributed by atoms with Crippen LogP contribution in [0.25, 0.3) is 0 Å². The third-order valence-electron chi connectivity index (χ3n) is 5.82. The molecule has 3 atom stereocenters. The SMILES string of the molecule is O=C(C1CCCC1)N1CC[C@@H]2[C@H]1c1cc(Br)ccc1N[C@@H]2CO. The molecule has 3 aliphatic rings. The Labute approximate surface area is 145 Å². The smallest absolute Gasteiger partial charge is 0.226 e. The summed E-state index contributed by atoms with van der Waals surface area (Å²) in [5.41, 5.74) is 2.25. The number of hydrogen-bond donors (Lipinski definition) is 2. The van der Waals surface area contributed by atoms with Gasteiger partial charge in [0.05, 0.1) is 18.7 Å². The predicted octanol–water partition coefficient (Wildman–Crippen LogP) is 3.32. The third-order valence-corrected chi connectivity index (χ3v) is 6.31. The zero-order valence-electron chi connectivity index (χ0n) is 13.2. The van der Waals surface area contributed by atoms with Gasteiger partial charge in [-0.25, -0.2) is 0 Å². The molecule has 1 amide bonds. The second-order valence-corrected chi connectivity index (χ2v) is 7.99. The van der Waals surface area contributed by atoms with Crippen molar-refractivity contribution in [1.82, 2.24) is 4.90 Å². The van der Waals surface area contributed by atoms with Gasteiger partial charge >= 0.3 is 0 Å². The van der Waals surface area contributed by atoms with Crippen LogP contribution in [0.2, 0.25) is 0 Å². The zero-order valence-corrected chi connectivity index (χ0v) is 14.8. The molecule has 1 aliphatic carbocycles. The van der Waals surface area contributed by atoms with Crippen molar-refractivity contribution in [3.8, 4) is 0 Å². The molecule has 4 rings (SSSR count). The minimum atomic E-state index is 0.0371. The van der Waals surface area contributed by atoms with E-state index in [0.717, 1.165) is 36.0 Å². The number of amides is 1. The number of nitrogens with one attached hydrogen (secondary N) is 1. The van der Waals surface area contributed by atoms with E-state index in [9.17, 15) is 9.90 Å². The van der Waals surface area contributed by atoms with Crippen LogP contribution >= 0.6 is 15.9 Å². The van der Waals surface area contributed by atoms with Crippen LogP contribution < -0.4 is 5.32 Å². The molecule has 23 heavy (non-hydrogen) atoms. The first-order valence-corrected chi connectivity index (χ1v) is 9.45. The average molecular weight is 379 g/mol. The summed E-state index contributed by atoms with van der Waals surface area (Å²) in [6.07, 6.45) is 5.41. The number of carbonyl (C=O) groups is 1. The lowest BCUT2D eigenvalue weighted by molar-refractivity contribution is -0.136. The molecule has 0 aromatic heterocycles. The molecule has 0 radical (unpaired) electrons. The van der Waals surface area contributed by atoms with Gasteiger partial charge in [-0.15, -0.1) is 0 Å². The van der Waals surface area contributed by atoms with Crippen LogP contribution in [0.5, 0.6) is 0 Å². The Morgan fingerprint density at radius 1 is 1.30 bits per heavy atom. The van der Waals surface area contributed by atoms with Crippen molar-refractivity contribution in [2.45, 2.75) is 44.2 Å². The van der Waals surface area contributed by atoms with E-state index in [-0.39, 0.29) is 24.6 Å². The fourth-order valence-electron chi connectivity index (χ4n) is 4.69. The molecule has 2 aliphatic heterocycles. The summed E-state index contributed by atoms with van der Waals surface area (Å²) in [6.45, 7) is 0.928. The van der Waals surface area contributed by atoms with E-state index in [1.807, 2.05) is 6.07 Å². The van der Waals surface area contributed by atoms with Crippen molar-refractivity contribution < 1.29 is 9.90 Å². The van der Waals surface area contributed by atoms with Gasteiger partial charge in [0.15, 0.2) is 0 Å². The fraction of sp³-hybridized carbons (Fsp3) is 0.611. The van der Waals surface area contributed by atoms with Gasteiger partial charge in [-0.1, -0.05) is 28.8 Å². The standard InChI is InChI=1S/C18H23BrN2O2/c19-12-5-6-15-14(9-12)17-13(16(10-22)20-15)7-8-21(17)18(23)11-3-1-2-4-11/h5-6,9,11,13,16-17,20,22H,1-4,7-8,10H2/t13-,16+,17-/m0/s1.